The predicted molar refractivity (Wildman–Crippen MR) is 81.6 cm³/mol. The van der Waals surface area contributed by atoms with Gasteiger partial charge in [-0.05, 0) is 25.1 Å². The fourth-order valence-corrected chi connectivity index (χ4v) is 3.46. The van der Waals surface area contributed by atoms with Crippen LogP contribution in [0.15, 0.2) is 47.4 Å². The first kappa shape index (κ1) is 15.4. The number of benzene rings is 2. The SMILES string of the molecule is COc1cccc(CS(=O)(=O)c2ccc(C)cc2)c1OC. The largest absolute Gasteiger partial charge is 0.493 e. The Morgan fingerprint density at radius 1 is 0.952 bits per heavy atom. The highest BCUT2D eigenvalue weighted by molar-refractivity contribution is 7.90. The Hall–Kier alpha value is -2.01. The van der Waals surface area contributed by atoms with Crippen molar-refractivity contribution < 1.29 is 17.9 Å². The van der Waals surface area contributed by atoms with Gasteiger partial charge in [0.2, 0.25) is 0 Å². The van der Waals surface area contributed by atoms with E-state index in [1.165, 1.54) is 14.2 Å². The first-order chi connectivity index (χ1) is 9.97. The van der Waals surface area contributed by atoms with Crippen molar-refractivity contribution in [3.05, 3.63) is 53.6 Å². The number of methoxy groups -OCH3 is 2. The molecule has 0 N–H and O–H groups in total. The Balaban J connectivity index is 2.39. The maximum atomic E-state index is 12.5. The molecule has 0 aliphatic carbocycles. The van der Waals surface area contributed by atoms with Crippen molar-refractivity contribution in [2.75, 3.05) is 14.2 Å². The van der Waals surface area contributed by atoms with Gasteiger partial charge in [0.1, 0.15) is 0 Å². The van der Waals surface area contributed by atoms with Gasteiger partial charge >= 0.3 is 0 Å². The normalized spacial score (nSPS) is 11.2. The summed E-state index contributed by atoms with van der Waals surface area (Å²) in [4.78, 5) is 0.304. The minimum atomic E-state index is -3.42. The molecule has 0 radical (unpaired) electrons. The highest BCUT2D eigenvalue weighted by Gasteiger charge is 2.19. The summed E-state index contributed by atoms with van der Waals surface area (Å²) in [6.45, 7) is 1.92. The molecule has 0 amide bonds. The highest BCUT2D eigenvalue weighted by atomic mass is 32.2. The van der Waals surface area contributed by atoms with Crippen LogP contribution in [0.1, 0.15) is 11.1 Å². The lowest BCUT2D eigenvalue weighted by Gasteiger charge is -2.13. The van der Waals surface area contributed by atoms with Crippen molar-refractivity contribution in [1.29, 1.82) is 0 Å². The van der Waals surface area contributed by atoms with E-state index in [9.17, 15) is 8.42 Å². The van der Waals surface area contributed by atoms with Crippen LogP contribution in [-0.4, -0.2) is 22.6 Å². The second-order valence-corrected chi connectivity index (χ2v) is 6.71. The third-order valence-corrected chi connectivity index (χ3v) is 4.89. The summed E-state index contributed by atoms with van der Waals surface area (Å²) >= 11 is 0. The molecule has 0 saturated heterocycles. The number of para-hydroxylation sites is 1. The molecule has 2 aromatic rings. The van der Waals surface area contributed by atoms with E-state index in [-0.39, 0.29) is 5.75 Å². The predicted octanol–water partition coefficient (Wildman–Crippen LogP) is 2.99. The Labute approximate surface area is 125 Å². The Kier molecular flexibility index (Phi) is 4.53. The van der Waals surface area contributed by atoms with E-state index in [0.717, 1.165) is 5.56 Å². The molecule has 0 unspecified atom stereocenters. The van der Waals surface area contributed by atoms with Gasteiger partial charge in [0.05, 0.1) is 24.9 Å². The molecule has 5 heteroatoms. The van der Waals surface area contributed by atoms with Gasteiger partial charge in [-0.15, -0.1) is 0 Å². The van der Waals surface area contributed by atoms with Gasteiger partial charge in [-0.1, -0.05) is 29.8 Å². The minimum Gasteiger partial charge on any atom is -0.493 e. The lowest BCUT2D eigenvalue weighted by Crippen LogP contribution is -2.07. The van der Waals surface area contributed by atoms with Gasteiger partial charge in [0.15, 0.2) is 21.3 Å². The fraction of sp³-hybridized carbons (Fsp3) is 0.250. The summed E-state index contributed by atoms with van der Waals surface area (Å²) in [5.74, 6) is 0.848. The van der Waals surface area contributed by atoms with Crippen LogP contribution in [0.3, 0.4) is 0 Å². The standard InChI is InChI=1S/C16H18O4S/c1-12-7-9-14(10-8-12)21(17,18)11-13-5-4-6-15(19-2)16(13)20-3/h4-10H,11H2,1-3H3. The smallest absolute Gasteiger partial charge is 0.182 e. The highest BCUT2D eigenvalue weighted by Crippen LogP contribution is 2.32. The van der Waals surface area contributed by atoms with E-state index < -0.39 is 9.84 Å². The molecule has 0 aromatic heterocycles. The van der Waals surface area contributed by atoms with Crippen molar-refractivity contribution in [2.24, 2.45) is 0 Å². The van der Waals surface area contributed by atoms with Crippen LogP contribution >= 0.6 is 0 Å². The summed E-state index contributed by atoms with van der Waals surface area (Å²) in [6, 6.07) is 12.0. The molecule has 0 spiro atoms. The molecule has 2 aromatic carbocycles. The fourth-order valence-electron chi connectivity index (χ4n) is 2.10. The van der Waals surface area contributed by atoms with Gasteiger partial charge in [-0.25, -0.2) is 8.42 Å². The van der Waals surface area contributed by atoms with Gasteiger partial charge in [-0.3, -0.25) is 0 Å². The van der Waals surface area contributed by atoms with E-state index in [1.54, 1.807) is 42.5 Å². The number of ether oxygens (including phenoxy) is 2. The lowest BCUT2D eigenvalue weighted by atomic mass is 10.2. The van der Waals surface area contributed by atoms with Crippen LogP contribution in [0.2, 0.25) is 0 Å². The molecular weight excluding hydrogens is 288 g/mol. The van der Waals surface area contributed by atoms with Crippen molar-refractivity contribution in [2.45, 2.75) is 17.6 Å². The number of hydrogen-bond acceptors (Lipinski definition) is 4. The second-order valence-electron chi connectivity index (χ2n) is 4.72. The van der Waals surface area contributed by atoms with Gasteiger partial charge < -0.3 is 9.47 Å². The zero-order chi connectivity index (χ0) is 15.5. The molecule has 0 heterocycles. The molecule has 21 heavy (non-hydrogen) atoms. The second kappa shape index (κ2) is 6.18. The molecule has 0 fully saturated rings. The Morgan fingerprint density at radius 2 is 1.62 bits per heavy atom. The van der Waals surface area contributed by atoms with Crippen molar-refractivity contribution in [3.63, 3.8) is 0 Å². The van der Waals surface area contributed by atoms with Crippen LogP contribution in [0.25, 0.3) is 0 Å². The monoisotopic (exact) mass is 306 g/mol. The summed E-state index contributed by atoms with van der Waals surface area (Å²) in [6.07, 6.45) is 0. The Bertz CT molecular complexity index is 718. The van der Waals surface area contributed by atoms with E-state index in [0.29, 0.717) is 22.0 Å². The van der Waals surface area contributed by atoms with Crippen LogP contribution in [0.4, 0.5) is 0 Å². The third kappa shape index (κ3) is 3.36. The summed E-state index contributed by atoms with van der Waals surface area (Å²) in [7, 11) is -0.399. The van der Waals surface area contributed by atoms with Gasteiger partial charge in [0, 0.05) is 5.56 Å². The van der Waals surface area contributed by atoms with E-state index in [2.05, 4.69) is 0 Å². The third-order valence-electron chi connectivity index (χ3n) is 3.21. The molecule has 0 saturated carbocycles. The van der Waals surface area contributed by atoms with E-state index >= 15 is 0 Å². The molecule has 0 aliphatic heterocycles. The van der Waals surface area contributed by atoms with Crippen LogP contribution in [0.5, 0.6) is 11.5 Å². The molecule has 0 atom stereocenters. The number of sulfone groups is 1. The average Bonchev–Trinajstić information content (AvgIpc) is 2.47. The molecule has 0 aliphatic rings. The molecule has 112 valence electrons. The average molecular weight is 306 g/mol. The summed E-state index contributed by atoms with van der Waals surface area (Å²) in [5.41, 5.74) is 1.60. The maximum Gasteiger partial charge on any atom is 0.182 e. The number of hydrogen-bond donors (Lipinski definition) is 0. The van der Waals surface area contributed by atoms with Gasteiger partial charge in [-0.2, -0.15) is 0 Å². The van der Waals surface area contributed by atoms with E-state index in [4.69, 9.17) is 9.47 Å². The molecular formula is C16H18O4S. The summed E-state index contributed by atoms with van der Waals surface area (Å²) < 4.78 is 35.4. The van der Waals surface area contributed by atoms with Crippen molar-refractivity contribution in [1.82, 2.24) is 0 Å². The zero-order valence-corrected chi connectivity index (χ0v) is 13.1. The molecule has 4 nitrogen and oxygen atoms in total. The first-order valence-corrected chi connectivity index (χ1v) is 8.12. The molecule has 2 rings (SSSR count). The summed E-state index contributed by atoms with van der Waals surface area (Å²) in [5, 5.41) is 0. The van der Waals surface area contributed by atoms with Crippen LogP contribution < -0.4 is 9.47 Å². The van der Waals surface area contributed by atoms with Crippen LogP contribution in [0, 0.1) is 6.92 Å². The Morgan fingerprint density at radius 3 is 2.19 bits per heavy atom. The van der Waals surface area contributed by atoms with Crippen molar-refractivity contribution in [3.8, 4) is 11.5 Å². The lowest BCUT2D eigenvalue weighted by molar-refractivity contribution is 0.352. The molecule has 0 bridgehead atoms. The van der Waals surface area contributed by atoms with Crippen molar-refractivity contribution >= 4 is 9.84 Å². The number of aryl methyl sites for hydroxylation is 1. The quantitative estimate of drug-likeness (QED) is 0.852. The first-order valence-electron chi connectivity index (χ1n) is 6.47. The topological polar surface area (TPSA) is 52.6 Å². The minimum absolute atomic E-state index is 0.129. The maximum absolute atomic E-state index is 12.5. The van der Waals surface area contributed by atoms with E-state index in [1.807, 2.05) is 6.92 Å². The van der Waals surface area contributed by atoms with Crippen LogP contribution in [-0.2, 0) is 15.6 Å². The zero-order valence-electron chi connectivity index (χ0n) is 12.3. The van der Waals surface area contributed by atoms with Gasteiger partial charge in [0.25, 0.3) is 0 Å². The number of rotatable bonds is 5.